The van der Waals surface area contributed by atoms with Gasteiger partial charge in [-0.3, -0.25) is 14.7 Å². The van der Waals surface area contributed by atoms with Crippen molar-refractivity contribution in [2.24, 2.45) is 5.92 Å². The summed E-state index contributed by atoms with van der Waals surface area (Å²) in [7, 11) is 0. The van der Waals surface area contributed by atoms with E-state index in [-0.39, 0.29) is 17.0 Å². The molecule has 3 rings (SSSR count). The first kappa shape index (κ1) is 16.4. The Morgan fingerprint density at radius 2 is 2.30 bits per heavy atom. The number of carbonyl (C=O) groups is 2. The molecule has 0 radical (unpaired) electrons. The van der Waals surface area contributed by atoms with Crippen LogP contribution in [0.15, 0.2) is 34.3 Å². The van der Waals surface area contributed by atoms with Crippen molar-refractivity contribution in [1.82, 2.24) is 9.88 Å². The molecule has 0 spiro atoms. The SMILES string of the molecule is C[C@H](O)[C@@H]1C(=O)N2C(C(=O)O)=C(SCCc3ccccn3)S[C@H]12. The Morgan fingerprint density at radius 3 is 2.91 bits per heavy atom. The molecule has 1 aromatic rings. The van der Waals surface area contributed by atoms with Gasteiger partial charge in [-0.05, 0) is 25.5 Å². The second-order valence-electron chi connectivity index (χ2n) is 5.34. The fraction of sp³-hybridized carbons (Fsp3) is 0.400. The maximum absolute atomic E-state index is 12.1. The molecule has 2 aliphatic rings. The quantitative estimate of drug-likeness (QED) is 0.750. The standard InChI is InChI=1S/C15H16N2O4S2/c1-8(18)10-12(19)17-11(14(20)21)15(23-13(10)17)22-7-5-9-4-2-3-6-16-9/h2-4,6,8,10,13,18H,5,7H2,1H3,(H,20,21)/t8-,10+,13+/m0/s1. The minimum atomic E-state index is -1.10. The van der Waals surface area contributed by atoms with Gasteiger partial charge in [0.25, 0.3) is 0 Å². The summed E-state index contributed by atoms with van der Waals surface area (Å²) in [6.45, 7) is 1.56. The summed E-state index contributed by atoms with van der Waals surface area (Å²) in [5, 5.41) is 18.8. The first-order valence-electron chi connectivity index (χ1n) is 7.18. The number of fused-ring (bicyclic) bond motifs is 1. The maximum Gasteiger partial charge on any atom is 0.354 e. The number of β-lactam (4-membered cyclic amide) rings is 1. The van der Waals surface area contributed by atoms with Crippen molar-refractivity contribution >= 4 is 35.4 Å². The summed E-state index contributed by atoms with van der Waals surface area (Å²) in [6, 6.07) is 5.69. The normalized spacial score (nSPS) is 24.4. The molecular weight excluding hydrogens is 336 g/mol. The number of aliphatic carboxylic acids is 1. The second kappa shape index (κ2) is 6.54. The van der Waals surface area contributed by atoms with Crippen molar-refractivity contribution in [3.63, 3.8) is 0 Å². The summed E-state index contributed by atoms with van der Waals surface area (Å²) in [5.41, 5.74) is 0.995. The van der Waals surface area contributed by atoms with Crippen molar-refractivity contribution in [1.29, 1.82) is 0 Å². The zero-order valence-electron chi connectivity index (χ0n) is 12.4. The third kappa shape index (κ3) is 2.98. The molecule has 1 amide bonds. The first-order valence-corrected chi connectivity index (χ1v) is 9.05. The van der Waals surface area contributed by atoms with Gasteiger partial charge in [-0.1, -0.05) is 17.8 Å². The fourth-order valence-corrected chi connectivity index (χ4v) is 5.60. The topological polar surface area (TPSA) is 90.7 Å². The molecule has 8 heteroatoms. The molecule has 0 bridgehead atoms. The zero-order chi connectivity index (χ0) is 16.6. The number of aryl methyl sites for hydroxylation is 1. The largest absolute Gasteiger partial charge is 0.477 e. The van der Waals surface area contributed by atoms with Crippen LogP contribution >= 0.6 is 23.5 Å². The lowest BCUT2D eigenvalue weighted by Gasteiger charge is -2.43. The van der Waals surface area contributed by atoms with Crippen LogP contribution in [-0.4, -0.2) is 49.2 Å². The lowest BCUT2D eigenvalue weighted by Crippen LogP contribution is -2.60. The summed E-state index contributed by atoms with van der Waals surface area (Å²) in [5.74, 6) is -1.25. The van der Waals surface area contributed by atoms with Crippen LogP contribution in [0.4, 0.5) is 0 Å². The number of aliphatic hydroxyl groups excluding tert-OH is 1. The van der Waals surface area contributed by atoms with Crippen LogP contribution in [0.25, 0.3) is 0 Å². The molecule has 2 N–H and O–H groups in total. The Balaban J connectivity index is 1.69. The van der Waals surface area contributed by atoms with Crippen LogP contribution in [0.2, 0.25) is 0 Å². The van der Waals surface area contributed by atoms with E-state index in [0.717, 1.165) is 12.1 Å². The van der Waals surface area contributed by atoms with Gasteiger partial charge in [-0.25, -0.2) is 4.79 Å². The van der Waals surface area contributed by atoms with Crippen LogP contribution in [0, 0.1) is 5.92 Å². The molecule has 3 atom stereocenters. The van der Waals surface area contributed by atoms with E-state index in [2.05, 4.69) is 4.98 Å². The van der Waals surface area contributed by atoms with E-state index in [1.54, 1.807) is 13.1 Å². The van der Waals surface area contributed by atoms with Crippen LogP contribution in [-0.2, 0) is 16.0 Å². The Hall–Kier alpha value is -1.51. The van der Waals surface area contributed by atoms with E-state index >= 15 is 0 Å². The van der Waals surface area contributed by atoms with Crippen LogP contribution < -0.4 is 0 Å². The number of hydrogen-bond donors (Lipinski definition) is 2. The van der Waals surface area contributed by atoms with Gasteiger partial charge in [0.05, 0.1) is 16.3 Å². The van der Waals surface area contributed by atoms with Gasteiger partial charge >= 0.3 is 5.97 Å². The van der Waals surface area contributed by atoms with Crippen LogP contribution in [0.5, 0.6) is 0 Å². The molecule has 0 saturated carbocycles. The van der Waals surface area contributed by atoms with E-state index in [1.165, 1.54) is 28.4 Å². The Kier molecular flexibility index (Phi) is 4.65. The van der Waals surface area contributed by atoms with Crippen molar-refractivity contribution in [2.75, 3.05) is 5.75 Å². The molecule has 3 heterocycles. The van der Waals surface area contributed by atoms with Crippen molar-refractivity contribution < 1.29 is 19.8 Å². The van der Waals surface area contributed by atoms with Gasteiger partial charge in [-0.2, -0.15) is 0 Å². The highest BCUT2D eigenvalue weighted by molar-refractivity contribution is 8.22. The third-order valence-electron chi connectivity index (χ3n) is 3.79. The van der Waals surface area contributed by atoms with E-state index in [9.17, 15) is 19.8 Å². The van der Waals surface area contributed by atoms with Crippen molar-refractivity contribution in [3.05, 3.63) is 40.0 Å². The van der Waals surface area contributed by atoms with E-state index in [1.807, 2.05) is 18.2 Å². The number of aliphatic hydroxyl groups is 1. The second-order valence-corrected chi connectivity index (χ2v) is 7.83. The van der Waals surface area contributed by atoms with Crippen molar-refractivity contribution in [3.8, 4) is 0 Å². The molecule has 1 fully saturated rings. The number of carboxylic acid groups (broad SMARTS) is 1. The third-order valence-corrected chi connectivity index (χ3v) is 6.45. The van der Waals surface area contributed by atoms with E-state index in [0.29, 0.717) is 9.99 Å². The number of carboxylic acids is 1. The molecule has 0 aromatic carbocycles. The zero-order valence-corrected chi connectivity index (χ0v) is 14.0. The first-order chi connectivity index (χ1) is 11.0. The maximum atomic E-state index is 12.1. The molecule has 1 aromatic heterocycles. The molecule has 0 unspecified atom stereocenters. The average molecular weight is 352 g/mol. The predicted molar refractivity (Wildman–Crippen MR) is 88.5 cm³/mol. The fourth-order valence-electron chi connectivity index (χ4n) is 2.65. The number of aromatic nitrogens is 1. The minimum absolute atomic E-state index is 0.0490. The number of thioether (sulfide) groups is 2. The summed E-state index contributed by atoms with van der Waals surface area (Å²) < 4.78 is 0.634. The summed E-state index contributed by atoms with van der Waals surface area (Å²) in [6.07, 6.45) is 1.68. The Labute approximate surface area is 142 Å². The molecular formula is C15H16N2O4S2. The van der Waals surface area contributed by atoms with Gasteiger partial charge < -0.3 is 10.2 Å². The summed E-state index contributed by atoms with van der Waals surface area (Å²) >= 11 is 2.78. The lowest BCUT2D eigenvalue weighted by molar-refractivity contribution is -0.156. The van der Waals surface area contributed by atoms with Gasteiger partial charge in [0.15, 0.2) is 5.70 Å². The number of hydrogen-bond acceptors (Lipinski definition) is 6. The molecule has 6 nitrogen and oxygen atoms in total. The smallest absolute Gasteiger partial charge is 0.354 e. The van der Waals surface area contributed by atoms with Gasteiger partial charge in [0.2, 0.25) is 5.91 Å². The van der Waals surface area contributed by atoms with Crippen LogP contribution in [0.1, 0.15) is 12.6 Å². The van der Waals surface area contributed by atoms with E-state index < -0.39 is 18.0 Å². The highest BCUT2D eigenvalue weighted by atomic mass is 32.2. The number of amides is 1. The number of pyridine rings is 1. The monoisotopic (exact) mass is 352 g/mol. The Morgan fingerprint density at radius 1 is 1.52 bits per heavy atom. The van der Waals surface area contributed by atoms with Gasteiger partial charge in [0, 0.05) is 17.6 Å². The highest BCUT2D eigenvalue weighted by Gasteiger charge is 2.57. The minimum Gasteiger partial charge on any atom is -0.477 e. The van der Waals surface area contributed by atoms with Gasteiger partial charge in [-0.15, -0.1) is 11.8 Å². The van der Waals surface area contributed by atoms with E-state index in [4.69, 9.17) is 0 Å². The molecule has 23 heavy (non-hydrogen) atoms. The molecule has 122 valence electrons. The lowest BCUT2D eigenvalue weighted by atomic mass is 9.92. The number of rotatable bonds is 6. The number of carbonyl (C=O) groups excluding carboxylic acids is 1. The predicted octanol–water partition coefficient (Wildman–Crippen LogP) is 1.52. The number of nitrogens with zero attached hydrogens (tertiary/aromatic N) is 2. The average Bonchev–Trinajstić information content (AvgIpc) is 2.82. The van der Waals surface area contributed by atoms with Crippen LogP contribution in [0.3, 0.4) is 0 Å². The van der Waals surface area contributed by atoms with Gasteiger partial charge in [0.1, 0.15) is 5.37 Å². The molecule has 2 aliphatic heterocycles. The summed E-state index contributed by atoms with van der Waals surface area (Å²) in [4.78, 5) is 29.1. The Bertz CT molecular complexity index is 663. The molecule has 0 aliphatic carbocycles. The highest BCUT2D eigenvalue weighted by Crippen LogP contribution is 2.53. The molecule has 1 saturated heterocycles. The van der Waals surface area contributed by atoms with Crippen molar-refractivity contribution in [2.45, 2.75) is 24.8 Å².